The van der Waals surface area contributed by atoms with Crippen molar-refractivity contribution in [2.24, 2.45) is 5.92 Å². The molecule has 1 aromatic heterocycles. The Balaban J connectivity index is 1.74. The molecule has 1 aliphatic carbocycles. The number of rotatable bonds is 5. The quantitative estimate of drug-likeness (QED) is 0.900. The number of anilines is 1. The Morgan fingerprint density at radius 2 is 2.14 bits per heavy atom. The predicted octanol–water partition coefficient (Wildman–Crippen LogP) is 3.02. The molecule has 3 rings (SSSR count). The Bertz CT molecular complexity index is 692. The maximum Gasteiger partial charge on any atom is 0.269 e. The van der Waals surface area contributed by atoms with Crippen LogP contribution in [0, 0.1) is 11.7 Å². The fourth-order valence-corrected chi connectivity index (χ4v) is 2.62. The van der Waals surface area contributed by atoms with Gasteiger partial charge in [-0.3, -0.25) is 4.79 Å². The maximum atomic E-state index is 13.3. The van der Waals surface area contributed by atoms with E-state index in [-0.39, 0.29) is 17.9 Å². The van der Waals surface area contributed by atoms with E-state index < -0.39 is 0 Å². The molecular weight excluding hydrogens is 337 g/mol. The standard InChI is InChI=1S/C15H15BrFN3O/c16-12-3-11(4-13(17)5-12)9-20-15(21)6-14(8-19-20)18-7-10-1-2-10/h3-6,8,10,18H,1-2,7,9H2. The van der Waals surface area contributed by atoms with E-state index in [2.05, 4.69) is 26.3 Å². The smallest absolute Gasteiger partial charge is 0.269 e. The fraction of sp³-hybridized carbons (Fsp3) is 0.333. The van der Waals surface area contributed by atoms with Gasteiger partial charge in [-0.15, -0.1) is 0 Å². The summed E-state index contributed by atoms with van der Waals surface area (Å²) in [6.45, 7) is 1.14. The number of benzene rings is 1. The topological polar surface area (TPSA) is 46.9 Å². The summed E-state index contributed by atoms with van der Waals surface area (Å²) in [5.41, 5.74) is 1.23. The van der Waals surface area contributed by atoms with Gasteiger partial charge in [0, 0.05) is 17.1 Å². The lowest BCUT2D eigenvalue weighted by molar-refractivity contribution is 0.609. The van der Waals surface area contributed by atoms with Crippen LogP contribution >= 0.6 is 15.9 Å². The average Bonchev–Trinajstić information content (AvgIpc) is 3.22. The summed E-state index contributed by atoms with van der Waals surface area (Å²) >= 11 is 3.24. The summed E-state index contributed by atoms with van der Waals surface area (Å²) in [4.78, 5) is 12.0. The second-order valence-electron chi connectivity index (χ2n) is 5.34. The highest BCUT2D eigenvalue weighted by Crippen LogP contribution is 2.28. The number of nitrogens with zero attached hydrogens (tertiary/aromatic N) is 2. The van der Waals surface area contributed by atoms with Crippen molar-refractivity contribution in [2.45, 2.75) is 19.4 Å². The Kier molecular flexibility index (Phi) is 4.05. The van der Waals surface area contributed by atoms with Gasteiger partial charge in [0.15, 0.2) is 0 Å². The number of aromatic nitrogens is 2. The van der Waals surface area contributed by atoms with Crippen LogP contribution in [-0.4, -0.2) is 16.3 Å². The molecular formula is C15H15BrFN3O. The Morgan fingerprint density at radius 3 is 2.81 bits per heavy atom. The molecule has 1 aliphatic rings. The zero-order valence-electron chi connectivity index (χ0n) is 11.4. The summed E-state index contributed by atoms with van der Waals surface area (Å²) in [7, 11) is 0. The van der Waals surface area contributed by atoms with Crippen molar-refractivity contribution in [3.63, 3.8) is 0 Å². The van der Waals surface area contributed by atoms with Crippen molar-refractivity contribution in [3.8, 4) is 0 Å². The van der Waals surface area contributed by atoms with Gasteiger partial charge in [0.2, 0.25) is 0 Å². The average molecular weight is 352 g/mol. The van der Waals surface area contributed by atoms with Gasteiger partial charge >= 0.3 is 0 Å². The lowest BCUT2D eigenvalue weighted by Crippen LogP contribution is -2.23. The highest BCUT2D eigenvalue weighted by Gasteiger charge is 2.20. The minimum Gasteiger partial charge on any atom is -0.383 e. The van der Waals surface area contributed by atoms with E-state index in [4.69, 9.17) is 0 Å². The predicted molar refractivity (Wildman–Crippen MR) is 82.9 cm³/mol. The van der Waals surface area contributed by atoms with E-state index in [1.807, 2.05) is 0 Å². The van der Waals surface area contributed by atoms with E-state index in [9.17, 15) is 9.18 Å². The molecule has 4 nitrogen and oxygen atoms in total. The number of nitrogens with one attached hydrogen (secondary N) is 1. The van der Waals surface area contributed by atoms with E-state index in [1.54, 1.807) is 12.3 Å². The van der Waals surface area contributed by atoms with Crippen LogP contribution in [-0.2, 0) is 6.54 Å². The molecule has 2 aromatic rings. The summed E-state index contributed by atoms with van der Waals surface area (Å²) in [6.07, 6.45) is 4.15. The monoisotopic (exact) mass is 351 g/mol. The van der Waals surface area contributed by atoms with Crippen LogP contribution in [0.2, 0.25) is 0 Å². The molecule has 0 spiro atoms. The van der Waals surface area contributed by atoms with Crippen LogP contribution in [0.3, 0.4) is 0 Å². The van der Waals surface area contributed by atoms with Crippen LogP contribution in [0.5, 0.6) is 0 Å². The molecule has 0 aliphatic heterocycles. The Hall–Kier alpha value is -1.69. The van der Waals surface area contributed by atoms with Gasteiger partial charge in [-0.2, -0.15) is 5.10 Å². The molecule has 0 bridgehead atoms. The zero-order chi connectivity index (χ0) is 14.8. The molecule has 1 fully saturated rings. The number of hydrogen-bond donors (Lipinski definition) is 1. The van der Waals surface area contributed by atoms with Crippen molar-refractivity contribution >= 4 is 21.6 Å². The Labute approximate surface area is 130 Å². The molecule has 1 aromatic carbocycles. The molecule has 6 heteroatoms. The first kappa shape index (κ1) is 14.3. The molecule has 1 heterocycles. The summed E-state index contributed by atoms with van der Waals surface area (Å²) < 4.78 is 15.3. The minimum atomic E-state index is -0.338. The van der Waals surface area contributed by atoms with Gasteiger partial charge in [0.25, 0.3) is 5.56 Å². The van der Waals surface area contributed by atoms with Crippen molar-refractivity contribution < 1.29 is 4.39 Å². The number of halogens is 2. The van der Waals surface area contributed by atoms with Crippen LogP contribution in [0.15, 0.2) is 39.7 Å². The van der Waals surface area contributed by atoms with E-state index in [1.165, 1.54) is 35.7 Å². The van der Waals surface area contributed by atoms with Crippen molar-refractivity contribution in [2.75, 3.05) is 11.9 Å². The van der Waals surface area contributed by atoms with Crippen LogP contribution in [0.1, 0.15) is 18.4 Å². The van der Waals surface area contributed by atoms with E-state index >= 15 is 0 Å². The summed E-state index contributed by atoms with van der Waals surface area (Å²) in [5.74, 6) is 0.396. The zero-order valence-corrected chi connectivity index (χ0v) is 12.9. The highest BCUT2D eigenvalue weighted by atomic mass is 79.9. The summed E-state index contributed by atoms with van der Waals surface area (Å²) in [5, 5.41) is 7.35. The molecule has 0 radical (unpaired) electrons. The lowest BCUT2D eigenvalue weighted by Gasteiger charge is -2.08. The third kappa shape index (κ3) is 3.91. The molecule has 0 saturated heterocycles. The van der Waals surface area contributed by atoms with Gasteiger partial charge in [-0.1, -0.05) is 15.9 Å². The van der Waals surface area contributed by atoms with Crippen LogP contribution in [0.25, 0.3) is 0 Å². The molecule has 1 saturated carbocycles. The third-order valence-electron chi connectivity index (χ3n) is 3.42. The molecule has 0 unspecified atom stereocenters. The maximum absolute atomic E-state index is 13.3. The molecule has 0 amide bonds. The van der Waals surface area contributed by atoms with E-state index in [0.29, 0.717) is 10.0 Å². The first-order valence-electron chi connectivity index (χ1n) is 6.86. The second-order valence-corrected chi connectivity index (χ2v) is 6.26. The van der Waals surface area contributed by atoms with Gasteiger partial charge in [-0.25, -0.2) is 9.07 Å². The molecule has 0 atom stereocenters. The second kappa shape index (κ2) is 5.97. The normalized spacial score (nSPS) is 14.2. The minimum absolute atomic E-state index is 0.198. The first-order valence-corrected chi connectivity index (χ1v) is 7.65. The van der Waals surface area contributed by atoms with Gasteiger partial charge in [0.1, 0.15) is 5.82 Å². The third-order valence-corrected chi connectivity index (χ3v) is 3.87. The van der Waals surface area contributed by atoms with E-state index in [0.717, 1.165) is 18.2 Å². The van der Waals surface area contributed by atoms with Crippen molar-refractivity contribution in [3.05, 3.63) is 56.7 Å². The van der Waals surface area contributed by atoms with Crippen molar-refractivity contribution in [1.82, 2.24) is 9.78 Å². The molecule has 1 N–H and O–H groups in total. The largest absolute Gasteiger partial charge is 0.383 e. The number of hydrogen-bond acceptors (Lipinski definition) is 3. The fourth-order valence-electron chi connectivity index (χ4n) is 2.11. The van der Waals surface area contributed by atoms with Crippen molar-refractivity contribution in [1.29, 1.82) is 0 Å². The van der Waals surface area contributed by atoms with Crippen LogP contribution < -0.4 is 10.9 Å². The lowest BCUT2D eigenvalue weighted by atomic mass is 10.2. The SMILES string of the molecule is O=c1cc(NCC2CC2)cnn1Cc1cc(F)cc(Br)c1. The van der Waals surface area contributed by atoms with Crippen LogP contribution in [0.4, 0.5) is 10.1 Å². The Morgan fingerprint density at radius 1 is 1.33 bits per heavy atom. The molecule has 21 heavy (non-hydrogen) atoms. The molecule has 110 valence electrons. The van der Waals surface area contributed by atoms with Gasteiger partial charge in [0.05, 0.1) is 18.4 Å². The first-order chi connectivity index (χ1) is 10.1. The van der Waals surface area contributed by atoms with Gasteiger partial charge < -0.3 is 5.32 Å². The summed E-state index contributed by atoms with van der Waals surface area (Å²) in [6, 6.07) is 6.09. The van der Waals surface area contributed by atoms with Gasteiger partial charge in [-0.05, 0) is 42.5 Å². The highest BCUT2D eigenvalue weighted by molar-refractivity contribution is 9.10.